The van der Waals surface area contributed by atoms with Crippen LogP contribution in [0.5, 0.6) is 0 Å². The number of amides is 2. The van der Waals surface area contributed by atoms with E-state index in [1.54, 1.807) is 19.1 Å². The first kappa shape index (κ1) is 18.4. The molecule has 1 fully saturated rings. The molecule has 2 atom stereocenters. The predicted octanol–water partition coefficient (Wildman–Crippen LogP) is 0.813. The average molecular weight is 354 g/mol. The Morgan fingerprint density at radius 3 is 2.54 bits per heavy atom. The molecular weight excluding hydrogens is 332 g/mol. The average Bonchev–Trinajstić information content (AvgIpc) is 2.87. The van der Waals surface area contributed by atoms with Crippen molar-refractivity contribution in [1.82, 2.24) is 4.90 Å². The largest absolute Gasteiger partial charge is 0.368 e. The number of carbonyl (C=O) groups is 2. The van der Waals surface area contributed by atoms with Crippen LogP contribution in [-0.2, 0) is 23.9 Å². The number of rotatable bonds is 7. The Morgan fingerprint density at radius 2 is 2.00 bits per heavy atom. The van der Waals surface area contributed by atoms with Crippen molar-refractivity contribution >= 4 is 21.9 Å². The zero-order valence-corrected chi connectivity index (χ0v) is 14.6. The molecule has 1 heterocycles. The molecule has 1 aromatic rings. The molecule has 0 saturated carbocycles. The van der Waals surface area contributed by atoms with Crippen molar-refractivity contribution in [3.63, 3.8) is 0 Å². The van der Waals surface area contributed by atoms with Crippen LogP contribution in [0.2, 0.25) is 0 Å². The lowest BCUT2D eigenvalue weighted by Gasteiger charge is -2.24. The van der Waals surface area contributed by atoms with Gasteiger partial charge in [-0.2, -0.15) is 8.42 Å². The van der Waals surface area contributed by atoms with Gasteiger partial charge < -0.3 is 10.6 Å². The molecule has 7 nitrogen and oxygen atoms in total. The van der Waals surface area contributed by atoms with E-state index in [2.05, 4.69) is 0 Å². The molecule has 1 unspecified atom stereocenters. The smallest absolute Gasteiger partial charge is 0.296 e. The molecule has 132 valence electrons. The third-order valence-corrected chi connectivity index (χ3v) is 5.39. The van der Waals surface area contributed by atoms with Crippen LogP contribution < -0.4 is 5.73 Å². The molecule has 1 saturated heterocycles. The summed E-state index contributed by atoms with van der Waals surface area (Å²) >= 11 is 0. The van der Waals surface area contributed by atoms with E-state index in [-0.39, 0.29) is 36.3 Å². The van der Waals surface area contributed by atoms with Crippen LogP contribution in [0.3, 0.4) is 0 Å². The second-order valence-electron chi connectivity index (χ2n) is 5.99. The van der Waals surface area contributed by atoms with Crippen LogP contribution in [-0.4, -0.2) is 44.3 Å². The van der Waals surface area contributed by atoms with Gasteiger partial charge in [0.25, 0.3) is 10.1 Å². The van der Waals surface area contributed by atoms with Crippen molar-refractivity contribution in [3.8, 4) is 0 Å². The molecule has 2 rings (SSSR count). The Labute approximate surface area is 141 Å². The molecule has 0 bridgehead atoms. The maximum Gasteiger partial charge on any atom is 0.296 e. The summed E-state index contributed by atoms with van der Waals surface area (Å²) in [6.45, 7) is 3.80. The van der Waals surface area contributed by atoms with E-state index in [0.717, 1.165) is 5.56 Å². The molecule has 8 heteroatoms. The first-order valence-electron chi connectivity index (χ1n) is 7.79. The van der Waals surface area contributed by atoms with Crippen LogP contribution in [0.15, 0.2) is 29.2 Å². The van der Waals surface area contributed by atoms with Gasteiger partial charge in [0.15, 0.2) is 0 Å². The van der Waals surface area contributed by atoms with Crippen molar-refractivity contribution in [2.75, 3.05) is 13.2 Å². The molecule has 2 N–H and O–H groups in total. The van der Waals surface area contributed by atoms with E-state index in [4.69, 9.17) is 9.92 Å². The minimum atomic E-state index is -3.86. The van der Waals surface area contributed by atoms with Gasteiger partial charge in [-0.05, 0) is 25.5 Å². The van der Waals surface area contributed by atoms with Crippen molar-refractivity contribution < 1.29 is 22.2 Å². The number of aryl methyl sites for hydroxylation is 1. The number of carbonyl (C=O) groups excluding carboxylic acids is 2. The highest BCUT2D eigenvalue weighted by Crippen LogP contribution is 2.23. The number of nitrogens with zero attached hydrogens (tertiary/aromatic N) is 1. The van der Waals surface area contributed by atoms with Gasteiger partial charge in [-0.25, -0.2) is 0 Å². The van der Waals surface area contributed by atoms with Crippen molar-refractivity contribution in [1.29, 1.82) is 0 Å². The Morgan fingerprint density at radius 1 is 1.38 bits per heavy atom. The molecule has 0 radical (unpaired) electrons. The van der Waals surface area contributed by atoms with Gasteiger partial charge >= 0.3 is 0 Å². The predicted molar refractivity (Wildman–Crippen MR) is 87.4 cm³/mol. The second kappa shape index (κ2) is 7.31. The first-order valence-corrected chi connectivity index (χ1v) is 9.20. The van der Waals surface area contributed by atoms with Gasteiger partial charge in [0, 0.05) is 18.9 Å². The van der Waals surface area contributed by atoms with Gasteiger partial charge in [0.05, 0.1) is 11.5 Å². The number of primary amides is 1. The normalized spacial score (nSPS) is 19.5. The molecule has 24 heavy (non-hydrogen) atoms. The van der Waals surface area contributed by atoms with E-state index in [0.29, 0.717) is 6.42 Å². The maximum absolute atomic E-state index is 12.2. The van der Waals surface area contributed by atoms with Gasteiger partial charge in [-0.15, -0.1) is 0 Å². The maximum atomic E-state index is 12.2. The highest BCUT2D eigenvalue weighted by atomic mass is 32.2. The van der Waals surface area contributed by atoms with Crippen LogP contribution in [0.1, 0.15) is 25.3 Å². The molecular formula is C16H22N2O5S. The van der Waals surface area contributed by atoms with Crippen LogP contribution >= 0.6 is 0 Å². The highest BCUT2D eigenvalue weighted by Gasteiger charge is 2.36. The molecule has 1 aromatic carbocycles. The summed E-state index contributed by atoms with van der Waals surface area (Å²) in [5.74, 6) is -1.05. The third-order valence-electron chi connectivity index (χ3n) is 4.10. The third kappa shape index (κ3) is 4.12. The molecule has 0 aromatic heterocycles. The monoisotopic (exact) mass is 354 g/mol. The standard InChI is InChI=1S/C16H22N2O5S/c1-3-14(16(17)20)18-9-12(8-15(18)19)10-23-24(21,22)13-6-4-11(2)5-7-13/h4-7,12,14H,3,8-10H2,1-2H3,(H2,17,20)/t12?,14-/m1/s1. The van der Waals surface area contributed by atoms with Gasteiger partial charge in [0.1, 0.15) is 6.04 Å². The molecule has 0 spiro atoms. The van der Waals surface area contributed by atoms with Crippen LogP contribution in [0.4, 0.5) is 0 Å². The number of likely N-dealkylation sites (tertiary alicyclic amines) is 1. The Balaban J connectivity index is 1.99. The Bertz CT molecular complexity index is 714. The first-order chi connectivity index (χ1) is 11.2. The molecule has 1 aliphatic rings. The number of nitrogens with two attached hydrogens (primary N) is 1. The van der Waals surface area contributed by atoms with E-state index >= 15 is 0 Å². The van der Waals surface area contributed by atoms with Crippen molar-refractivity contribution in [2.45, 2.75) is 37.6 Å². The van der Waals surface area contributed by atoms with E-state index in [1.165, 1.54) is 17.0 Å². The summed E-state index contributed by atoms with van der Waals surface area (Å²) in [6, 6.07) is 5.69. The minimum absolute atomic E-state index is 0.0813. The summed E-state index contributed by atoms with van der Waals surface area (Å²) in [5.41, 5.74) is 6.25. The quantitative estimate of drug-likeness (QED) is 0.729. The summed E-state index contributed by atoms with van der Waals surface area (Å²) < 4.78 is 29.4. The highest BCUT2D eigenvalue weighted by molar-refractivity contribution is 7.86. The lowest BCUT2D eigenvalue weighted by atomic mass is 10.1. The fourth-order valence-electron chi connectivity index (χ4n) is 2.76. The van der Waals surface area contributed by atoms with Crippen molar-refractivity contribution in [3.05, 3.63) is 29.8 Å². The SMILES string of the molecule is CC[C@H](C(N)=O)N1CC(COS(=O)(=O)c2ccc(C)cc2)CC1=O. The number of hydrogen-bond donors (Lipinski definition) is 1. The Kier molecular flexibility index (Phi) is 5.61. The minimum Gasteiger partial charge on any atom is -0.368 e. The summed E-state index contributed by atoms with van der Waals surface area (Å²) in [6.07, 6.45) is 0.573. The van der Waals surface area contributed by atoms with Gasteiger partial charge in [0.2, 0.25) is 11.8 Å². The fourth-order valence-corrected chi connectivity index (χ4v) is 3.73. The summed E-state index contributed by atoms with van der Waals surface area (Å²) in [5, 5.41) is 0. The fraction of sp³-hybridized carbons (Fsp3) is 0.500. The molecule has 0 aliphatic carbocycles. The van der Waals surface area contributed by atoms with E-state index in [1.807, 2.05) is 6.92 Å². The number of benzene rings is 1. The number of hydrogen-bond acceptors (Lipinski definition) is 5. The lowest BCUT2D eigenvalue weighted by molar-refractivity contribution is -0.136. The van der Waals surface area contributed by atoms with E-state index in [9.17, 15) is 18.0 Å². The zero-order chi connectivity index (χ0) is 17.9. The second-order valence-corrected chi connectivity index (χ2v) is 7.61. The zero-order valence-electron chi connectivity index (χ0n) is 13.8. The summed E-state index contributed by atoms with van der Waals surface area (Å²) in [7, 11) is -3.86. The van der Waals surface area contributed by atoms with Crippen LogP contribution in [0, 0.1) is 12.8 Å². The van der Waals surface area contributed by atoms with Crippen LogP contribution in [0.25, 0.3) is 0 Å². The van der Waals surface area contributed by atoms with Gasteiger partial charge in [-0.3, -0.25) is 13.8 Å². The lowest BCUT2D eigenvalue weighted by Crippen LogP contribution is -2.45. The van der Waals surface area contributed by atoms with Gasteiger partial charge in [-0.1, -0.05) is 24.6 Å². The molecule has 1 aliphatic heterocycles. The molecule has 2 amide bonds. The topological polar surface area (TPSA) is 107 Å². The Hall–Kier alpha value is -1.93. The van der Waals surface area contributed by atoms with E-state index < -0.39 is 22.1 Å². The summed E-state index contributed by atoms with van der Waals surface area (Å²) in [4.78, 5) is 24.9. The van der Waals surface area contributed by atoms with Crippen molar-refractivity contribution in [2.24, 2.45) is 11.7 Å².